The Labute approximate surface area is 85.1 Å². The molecular weight excluding hydrogens is 180 g/mol. The molecule has 0 atom stereocenters. The average Bonchev–Trinajstić information content (AvgIpc) is 2.07. The minimum atomic E-state index is -0.161. The highest BCUT2D eigenvalue weighted by Gasteiger charge is 2.26. The fraction of sp³-hybridized carbons (Fsp3) is 0.900. The minimum absolute atomic E-state index is 0.0417. The fourth-order valence-corrected chi connectivity index (χ4v) is 1.37. The van der Waals surface area contributed by atoms with E-state index in [-0.39, 0.29) is 12.0 Å². The average molecular weight is 200 g/mol. The first-order valence-electron chi connectivity index (χ1n) is 5.26. The summed E-state index contributed by atoms with van der Waals surface area (Å²) < 4.78 is 0. The lowest BCUT2D eigenvalue weighted by Gasteiger charge is -2.31. The van der Waals surface area contributed by atoms with Gasteiger partial charge in [0.2, 0.25) is 5.91 Å². The maximum Gasteiger partial charge on any atom is 0.233 e. The molecule has 1 saturated carbocycles. The molecule has 1 amide bonds. The predicted molar refractivity (Wildman–Crippen MR) is 54.9 cm³/mol. The fourth-order valence-electron chi connectivity index (χ4n) is 1.37. The predicted octanol–water partition coefficient (Wildman–Crippen LogP) is -0.128. The van der Waals surface area contributed by atoms with Crippen LogP contribution in [0.3, 0.4) is 0 Å². The number of hydrogen-bond acceptors (Lipinski definition) is 3. The lowest BCUT2D eigenvalue weighted by molar-refractivity contribution is -0.120. The monoisotopic (exact) mass is 200 g/mol. The quantitative estimate of drug-likeness (QED) is 0.579. The standard InChI is InChI=1S/C10H20N2O2/c1-7(2)5-12-10(14)6-11-8-3-9(13)4-8/h7-9,11,13H,3-6H2,1-2H3,(H,12,14). The molecule has 0 unspecified atom stereocenters. The topological polar surface area (TPSA) is 61.4 Å². The SMILES string of the molecule is CC(C)CNC(=O)CNC1CC(O)C1. The van der Waals surface area contributed by atoms with E-state index in [4.69, 9.17) is 5.11 Å². The molecule has 82 valence electrons. The van der Waals surface area contributed by atoms with Crippen LogP contribution < -0.4 is 10.6 Å². The Morgan fingerprint density at radius 1 is 1.50 bits per heavy atom. The van der Waals surface area contributed by atoms with Gasteiger partial charge < -0.3 is 15.7 Å². The van der Waals surface area contributed by atoms with Gasteiger partial charge in [-0.25, -0.2) is 0 Å². The Balaban J connectivity index is 1.98. The first-order valence-corrected chi connectivity index (χ1v) is 5.26. The number of nitrogens with one attached hydrogen (secondary N) is 2. The van der Waals surface area contributed by atoms with E-state index >= 15 is 0 Å². The number of aliphatic hydroxyl groups excluding tert-OH is 1. The Morgan fingerprint density at radius 2 is 2.14 bits per heavy atom. The number of hydrogen-bond donors (Lipinski definition) is 3. The number of carbonyl (C=O) groups is 1. The van der Waals surface area contributed by atoms with E-state index < -0.39 is 0 Å². The summed E-state index contributed by atoms with van der Waals surface area (Å²) in [5.41, 5.74) is 0. The molecule has 1 fully saturated rings. The van der Waals surface area contributed by atoms with Crippen molar-refractivity contribution in [2.75, 3.05) is 13.1 Å². The van der Waals surface area contributed by atoms with Crippen LogP contribution in [0, 0.1) is 5.92 Å². The summed E-state index contributed by atoms with van der Waals surface area (Å²) in [5, 5.41) is 15.0. The Bertz CT molecular complexity index is 189. The number of amides is 1. The molecule has 0 aromatic heterocycles. The Hall–Kier alpha value is -0.610. The second-order valence-electron chi connectivity index (χ2n) is 4.40. The number of carbonyl (C=O) groups excluding carboxylic acids is 1. The van der Waals surface area contributed by atoms with Gasteiger partial charge in [-0.15, -0.1) is 0 Å². The van der Waals surface area contributed by atoms with Gasteiger partial charge in [-0.05, 0) is 18.8 Å². The van der Waals surface area contributed by atoms with E-state index in [0.29, 0.717) is 18.5 Å². The summed E-state index contributed by atoms with van der Waals surface area (Å²) in [6.45, 7) is 5.23. The Morgan fingerprint density at radius 3 is 2.64 bits per heavy atom. The highest BCUT2D eigenvalue weighted by molar-refractivity contribution is 5.78. The van der Waals surface area contributed by atoms with Crippen LogP contribution in [-0.4, -0.2) is 36.2 Å². The molecule has 4 nitrogen and oxygen atoms in total. The molecule has 0 aromatic carbocycles. The van der Waals surface area contributed by atoms with Crippen molar-refractivity contribution < 1.29 is 9.90 Å². The number of aliphatic hydroxyl groups is 1. The van der Waals surface area contributed by atoms with Crippen molar-refractivity contribution in [1.82, 2.24) is 10.6 Å². The first-order chi connectivity index (χ1) is 6.58. The zero-order chi connectivity index (χ0) is 10.6. The van der Waals surface area contributed by atoms with Crippen LogP contribution in [0.25, 0.3) is 0 Å². The molecule has 0 spiro atoms. The van der Waals surface area contributed by atoms with Crippen LogP contribution in [0.1, 0.15) is 26.7 Å². The molecule has 0 bridgehead atoms. The molecular formula is C10H20N2O2. The lowest BCUT2D eigenvalue weighted by Crippen LogP contribution is -2.48. The molecule has 1 aliphatic carbocycles. The van der Waals surface area contributed by atoms with Crippen molar-refractivity contribution in [1.29, 1.82) is 0 Å². The van der Waals surface area contributed by atoms with E-state index in [0.717, 1.165) is 19.4 Å². The van der Waals surface area contributed by atoms with E-state index in [1.165, 1.54) is 0 Å². The summed E-state index contributed by atoms with van der Waals surface area (Å²) in [5.74, 6) is 0.532. The lowest BCUT2D eigenvalue weighted by atomic mass is 9.89. The van der Waals surface area contributed by atoms with Crippen LogP contribution in [0.15, 0.2) is 0 Å². The summed E-state index contributed by atoms with van der Waals surface area (Å²) in [6, 6.07) is 0.329. The van der Waals surface area contributed by atoms with Crippen LogP contribution in [0.2, 0.25) is 0 Å². The third-order valence-corrected chi connectivity index (χ3v) is 2.37. The molecule has 1 rings (SSSR count). The second-order valence-corrected chi connectivity index (χ2v) is 4.40. The summed E-state index contributed by atoms with van der Waals surface area (Å²) in [4.78, 5) is 11.2. The summed E-state index contributed by atoms with van der Waals surface area (Å²) >= 11 is 0. The second kappa shape index (κ2) is 5.32. The molecule has 0 radical (unpaired) electrons. The molecule has 3 N–H and O–H groups in total. The highest BCUT2D eigenvalue weighted by Crippen LogP contribution is 2.18. The molecule has 0 aromatic rings. The largest absolute Gasteiger partial charge is 0.393 e. The van der Waals surface area contributed by atoms with Crippen LogP contribution in [0.5, 0.6) is 0 Å². The maximum absolute atomic E-state index is 11.2. The summed E-state index contributed by atoms with van der Waals surface area (Å²) in [7, 11) is 0. The van der Waals surface area contributed by atoms with E-state index in [1.807, 2.05) is 0 Å². The third-order valence-electron chi connectivity index (χ3n) is 2.37. The summed E-state index contributed by atoms with van der Waals surface area (Å²) in [6.07, 6.45) is 1.39. The zero-order valence-corrected chi connectivity index (χ0v) is 8.92. The van der Waals surface area contributed by atoms with E-state index in [1.54, 1.807) is 0 Å². The van der Waals surface area contributed by atoms with Crippen molar-refractivity contribution in [3.8, 4) is 0 Å². The van der Waals surface area contributed by atoms with Crippen molar-refractivity contribution in [2.45, 2.75) is 38.8 Å². The van der Waals surface area contributed by atoms with Gasteiger partial charge in [0.05, 0.1) is 12.6 Å². The van der Waals surface area contributed by atoms with Gasteiger partial charge in [0.1, 0.15) is 0 Å². The molecule has 0 heterocycles. The molecule has 4 heteroatoms. The van der Waals surface area contributed by atoms with Crippen LogP contribution in [-0.2, 0) is 4.79 Å². The van der Waals surface area contributed by atoms with Gasteiger partial charge >= 0.3 is 0 Å². The van der Waals surface area contributed by atoms with Crippen LogP contribution in [0.4, 0.5) is 0 Å². The van der Waals surface area contributed by atoms with Crippen molar-refractivity contribution in [3.63, 3.8) is 0 Å². The van der Waals surface area contributed by atoms with E-state index in [9.17, 15) is 4.79 Å². The Kier molecular flexibility index (Phi) is 4.35. The zero-order valence-electron chi connectivity index (χ0n) is 8.92. The van der Waals surface area contributed by atoms with Crippen molar-refractivity contribution in [3.05, 3.63) is 0 Å². The normalized spacial score (nSPS) is 26.0. The van der Waals surface area contributed by atoms with E-state index in [2.05, 4.69) is 24.5 Å². The maximum atomic E-state index is 11.2. The highest BCUT2D eigenvalue weighted by atomic mass is 16.3. The molecule has 0 aliphatic heterocycles. The smallest absolute Gasteiger partial charge is 0.233 e. The van der Waals surface area contributed by atoms with Gasteiger partial charge in [0.25, 0.3) is 0 Å². The van der Waals surface area contributed by atoms with Gasteiger partial charge in [-0.2, -0.15) is 0 Å². The molecule has 1 aliphatic rings. The van der Waals surface area contributed by atoms with Gasteiger partial charge in [-0.1, -0.05) is 13.8 Å². The first kappa shape index (κ1) is 11.5. The molecule has 0 saturated heterocycles. The van der Waals surface area contributed by atoms with Crippen molar-refractivity contribution in [2.24, 2.45) is 5.92 Å². The van der Waals surface area contributed by atoms with Gasteiger partial charge in [0.15, 0.2) is 0 Å². The molecule has 14 heavy (non-hydrogen) atoms. The minimum Gasteiger partial charge on any atom is -0.393 e. The third kappa shape index (κ3) is 4.07. The number of rotatable bonds is 5. The van der Waals surface area contributed by atoms with Gasteiger partial charge in [0, 0.05) is 12.6 Å². The van der Waals surface area contributed by atoms with Crippen LogP contribution >= 0.6 is 0 Å². The van der Waals surface area contributed by atoms with Crippen molar-refractivity contribution >= 4 is 5.91 Å². The van der Waals surface area contributed by atoms with Gasteiger partial charge in [-0.3, -0.25) is 4.79 Å².